The highest BCUT2D eigenvalue weighted by molar-refractivity contribution is 5.34. The zero-order valence-corrected chi connectivity index (χ0v) is 11.1. The molecule has 1 heteroatoms. The minimum absolute atomic E-state index is 1.13. The molecular weight excluding hydrogens is 206 g/mol. The maximum atomic E-state index is 6.31. The van der Waals surface area contributed by atoms with E-state index in [1.54, 1.807) is 5.57 Å². The Morgan fingerprint density at radius 3 is 2.18 bits per heavy atom. The summed E-state index contributed by atoms with van der Waals surface area (Å²) in [5.74, 6) is 0. The molecule has 2 rings (SSSR count). The van der Waals surface area contributed by atoms with Crippen LogP contribution < -0.4 is 5.73 Å². The van der Waals surface area contributed by atoms with Crippen LogP contribution in [0.4, 0.5) is 0 Å². The van der Waals surface area contributed by atoms with Crippen molar-refractivity contribution in [2.24, 2.45) is 5.73 Å². The van der Waals surface area contributed by atoms with Crippen LogP contribution in [0.5, 0.6) is 0 Å². The van der Waals surface area contributed by atoms with Crippen LogP contribution in [0.2, 0.25) is 0 Å². The van der Waals surface area contributed by atoms with E-state index in [1.165, 1.54) is 81.9 Å². The van der Waals surface area contributed by atoms with Crippen LogP contribution in [-0.4, -0.2) is 0 Å². The summed E-state index contributed by atoms with van der Waals surface area (Å²) in [6.07, 6.45) is 18.4. The standard InChI is InChI=1S/C16H27N/c17-16-13-9-5-4-8-12-15(16)14-10-6-2-1-3-7-11-14/h10H,1-9,11-13,17H2. The molecule has 0 saturated heterocycles. The highest BCUT2D eigenvalue weighted by Gasteiger charge is 2.13. The van der Waals surface area contributed by atoms with Crippen molar-refractivity contribution in [2.75, 3.05) is 0 Å². The molecule has 1 nitrogen and oxygen atoms in total. The van der Waals surface area contributed by atoms with Crippen molar-refractivity contribution >= 4 is 0 Å². The molecule has 0 bridgehead atoms. The third-order valence-electron chi connectivity index (χ3n) is 4.19. The first-order valence-electron chi connectivity index (χ1n) is 7.55. The topological polar surface area (TPSA) is 26.0 Å². The maximum absolute atomic E-state index is 6.31. The molecule has 0 amide bonds. The SMILES string of the molecule is NC1=C(C2=CCCCCCC2)CCCCCC1. The van der Waals surface area contributed by atoms with Crippen LogP contribution in [0.15, 0.2) is 22.9 Å². The molecule has 0 heterocycles. The molecule has 0 aromatic heterocycles. The van der Waals surface area contributed by atoms with Gasteiger partial charge in [-0.05, 0) is 62.5 Å². The lowest BCUT2D eigenvalue weighted by molar-refractivity contribution is 0.594. The summed E-state index contributed by atoms with van der Waals surface area (Å²) in [4.78, 5) is 0. The molecule has 0 aliphatic heterocycles. The Hall–Kier alpha value is -0.720. The molecule has 96 valence electrons. The average molecular weight is 233 g/mol. The molecular formula is C16H27N. The van der Waals surface area contributed by atoms with E-state index in [9.17, 15) is 0 Å². The van der Waals surface area contributed by atoms with Gasteiger partial charge in [0.05, 0.1) is 0 Å². The predicted molar refractivity (Wildman–Crippen MR) is 74.7 cm³/mol. The van der Waals surface area contributed by atoms with E-state index in [0.717, 1.165) is 6.42 Å². The Bertz CT molecular complexity index is 299. The van der Waals surface area contributed by atoms with Crippen LogP contribution in [0, 0.1) is 0 Å². The van der Waals surface area contributed by atoms with E-state index >= 15 is 0 Å². The van der Waals surface area contributed by atoms with Crippen molar-refractivity contribution < 1.29 is 0 Å². The summed E-state index contributed by atoms with van der Waals surface area (Å²) in [6.45, 7) is 0. The van der Waals surface area contributed by atoms with E-state index in [2.05, 4.69) is 6.08 Å². The average Bonchev–Trinajstić information content (AvgIpc) is 2.26. The summed E-state index contributed by atoms with van der Waals surface area (Å²) < 4.78 is 0. The highest BCUT2D eigenvalue weighted by Crippen LogP contribution is 2.30. The van der Waals surface area contributed by atoms with Gasteiger partial charge in [0, 0.05) is 5.70 Å². The van der Waals surface area contributed by atoms with Crippen molar-refractivity contribution in [2.45, 2.75) is 77.0 Å². The van der Waals surface area contributed by atoms with Crippen molar-refractivity contribution in [1.29, 1.82) is 0 Å². The van der Waals surface area contributed by atoms with Crippen LogP contribution in [0.3, 0.4) is 0 Å². The normalized spacial score (nSPS) is 24.4. The van der Waals surface area contributed by atoms with Crippen molar-refractivity contribution in [1.82, 2.24) is 0 Å². The van der Waals surface area contributed by atoms with Crippen molar-refractivity contribution in [3.8, 4) is 0 Å². The van der Waals surface area contributed by atoms with Gasteiger partial charge in [-0.3, -0.25) is 0 Å². The summed E-state index contributed by atoms with van der Waals surface area (Å²) in [6, 6.07) is 0. The lowest BCUT2D eigenvalue weighted by atomic mass is 9.88. The van der Waals surface area contributed by atoms with Gasteiger partial charge in [0.25, 0.3) is 0 Å². The lowest BCUT2D eigenvalue weighted by Crippen LogP contribution is -2.08. The van der Waals surface area contributed by atoms with Gasteiger partial charge in [0.1, 0.15) is 0 Å². The fourth-order valence-corrected chi connectivity index (χ4v) is 3.11. The lowest BCUT2D eigenvalue weighted by Gasteiger charge is -2.20. The molecule has 0 atom stereocenters. The molecule has 17 heavy (non-hydrogen) atoms. The van der Waals surface area contributed by atoms with E-state index in [-0.39, 0.29) is 0 Å². The summed E-state index contributed by atoms with van der Waals surface area (Å²) in [5.41, 5.74) is 10.6. The van der Waals surface area contributed by atoms with Gasteiger partial charge in [-0.2, -0.15) is 0 Å². The Morgan fingerprint density at radius 1 is 0.706 bits per heavy atom. The first-order valence-corrected chi connectivity index (χ1v) is 7.55. The molecule has 2 aliphatic carbocycles. The number of rotatable bonds is 1. The van der Waals surface area contributed by atoms with Gasteiger partial charge in [-0.1, -0.05) is 31.8 Å². The van der Waals surface area contributed by atoms with Crippen LogP contribution >= 0.6 is 0 Å². The number of allylic oxidation sites excluding steroid dienone is 4. The molecule has 0 fully saturated rings. The Kier molecular flexibility index (Phi) is 5.15. The maximum Gasteiger partial charge on any atom is 0.0116 e. The zero-order chi connectivity index (χ0) is 11.9. The van der Waals surface area contributed by atoms with Crippen LogP contribution in [0.1, 0.15) is 77.0 Å². The summed E-state index contributed by atoms with van der Waals surface area (Å²) in [5, 5.41) is 0. The second kappa shape index (κ2) is 6.88. The highest BCUT2D eigenvalue weighted by atomic mass is 14.6. The van der Waals surface area contributed by atoms with Crippen molar-refractivity contribution in [3.63, 3.8) is 0 Å². The Morgan fingerprint density at radius 2 is 1.35 bits per heavy atom. The van der Waals surface area contributed by atoms with Gasteiger partial charge in [-0.15, -0.1) is 0 Å². The molecule has 0 spiro atoms. The smallest absolute Gasteiger partial charge is 0.0116 e. The number of nitrogens with two attached hydrogens (primary N) is 1. The van der Waals surface area contributed by atoms with Gasteiger partial charge in [0.15, 0.2) is 0 Å². The predicted octanol–water partition coefficient (Wildman–Crippen LogP) is 4.83. The summed E-state index contributed by atoms with van der Waals surface area (Å²) in [7, 11) is 0. The van der Waals surface area contributed by atoms with Crippen molar-refractivity contribution in [3.05, 3.63) is 22.9 Å². The fraction of sp³-hybridized carbons (Fsp3) is 0.750. The van der Waals surface area contributed by atoms with E-state index in [0.29, 0.717) is 0 Å². The van der Waals surface area contributed by atoms with Gasteiger partial charge in [-0.25, -0.2) is 0 Å². The van der Waals surface area contributed by atoms with Gasteiger partial charge >= 0.3 is 0 Å². The molecule has 0 radical (unpaired) electrons. The van der Waals surface area contributed by atoms with E-state index in [4.69, 9.17) is 5.73 Å². The third kappa shape index (κ3) is 3.90. The third-order valence-corrected chi connectivity index (χ3v) is 4.19. The van der Waals surface area contributed by atoms with Crippen LogP contribution in [-0.2, 0) is 0 Å². The largest absolute Gasteiger partial charge is 0.402 e. The van der Waals surface area contributed by atoms with E-state index < -0.39 is 0 Å². The Balaban J connectivity index is 2.12. The van der Waals surface area contributed by atoms with Gasteiger partial charge < -0.3 is 5.73 Å². The molecule has 0 aromatic rings. The first kappa shape index (κ1) is 12.7. The molecule has 0 aromatic carbocycles. The Labute approximate surface area is 106 Å². The number of hydrogen-bond acceptors (Lipinski definition) is 1. The number of hydrogen-bond donors (Lipinski definition) is 1. The first-order chi connectivity index (χ1) is 8.38. The van der Waals surface area contributed by atoms with E-state index in [1.807, 2.05) is 0 Å². The quantitative estimate of drug-likeness (QED) is 0.689. The van der Waals surface area contributed by atoms with Crippen LogP contribution in [0.25, 0.3) is 0 Å². The summed E-state index contributed by atoms with van der Waals surface area (Å²) >= 11 is 0. The molecule has 2 aliphatic rings. The second-order valence-electron chi connectivity index (χ2n) is 5.60. The monoisotopic (exact) mass is 233 g/mol. The molecule has 2 N–H and O–H groups in total. The fourth-order valence-electron chi connectivity index (χ4n) is 3.11. The minimum atomic E-state index is 1.13. The second-order valence-corrected chi connectivity index (χ2v) is 5.60. The molecule has 0 unspecified atom stereocenters. The zero-order valence-electron chi connectivity index (χ0n) is 11.1. The van der Waals surface area contributed by atoms with Gasteiger partial charge in [0.2, 0.25) is 0 Å². The minimum Gasteiger partial charge on any atom is -0.402 e. The molecule has 0 saturated carbocycles.